The van der Waals surface area contributed by atoms with Crippen molar-refractivity contribution in [3.63, 3.8) is 0 Å². The Kier molecular flexibility index (Phi) is 75.8. The van der Waals surface area contributed by atoms with E-state index in [0.717, 1.165) is 180 Å². The monoisotopic (exact) mass is 1550 g/mol. The minimum Gasteiger partial charge on any atom is -0.462 e. The zero-order valence-corrected chi connectivity index (χ0v) is 69.3. The summed E-state index contributed by atoms with van der Waals surface area (Å²) < 4.78 is 68.7. The maximum absolute atomic E-state index is 13.1. The second-order valence-corrected chi connectivity index (χ2v) is 30.2. The number of allylic oxidation sites excluding steroid dienone is 26. The van der Waals surface area contributed by atoms with E-state index in [1.54, 1.807) is 0 Å². The lowest BCUT2D eigenvalue weighted by Crippen LogP contribution is -2.30. The van der Waals surface area contributed by atoms with E-state index >= 15 is 0 Å². The number of rotatable bonds is 77. The van der Waals surface area contributed by atoms with Crippen LogP contribution in [0.3, 0.4) is 0 Å². The summed E-state index contributed by atoms with van der Waals surface area (Å²) in [6.07, 6.45) is 93.6. The summed E-state index contributed by atoms with van der Waals surface area (Å²) in [6, 6.07) is 0. The zero-order chi connectivity index (χ0) is 78.9. The average molecular weight is 1550 g/mol. The molecule has 0 aromatic carbocycles. The van der Waals surface area contributed by atoms with Gasteiger partial charge in [0.25, 0.3) is 0 Å². The predicted molar refractivity (Wildman–Crippen MR) is 445 cm³/mol. The summed E-state index contributed by atoms with van der Waals surface area (Å²) >= 11 is 0. The molecule has 0 aromatic heterocycles. The highest BCUT2D eigenvalue weighted by Crippen LogP contribution is 2.45. The molecule has 19 heteroatoms. The summed E-state index contributed by atoms with van der Waals surface area (Å²) in [7, 11) is -10.0. The number of aliphatic hydroxyl groups is 1. The van der Waals surface area contributed by atoms with Gasteiger partial charge in [0.15, 0.2) is 12.2 Å². The van der Waals surface area contributed by atoms with Crippen LogP contribution in [0.4, 0.5) is 0 Å². The van der Waals surface area contributed by atoms with Gasteiger partial charge in [-0.2, -0.15) is 0 Å². The highest BCUT2D eigenvalue weighted by Gasteiger charge is 2.30. The van der Waals surface area contributed by atoms with Gasteiger partial charge >= 0.3 is 39.5 Å². The molecule has 0 aromatic rings. The summed E-state index contributed by atoms with van der Waals surface area (Å²) in [6.45, 7) is 4.51. The van der Waals surface area contributed by atoms with Crippen molar-refractivity contribution in [2.75, 3.05) is 39.6 Å². The molecule has 0 aliphatic carbocycles. The highest BCUT2D eigenvalue weighted by molar-refractivity contribution is 7.47. The first-order valence-corrected chi connectivity index (χ1v) is 44.7. The number of hydrogen-bond acceptors (Lipinski definition) is 15. The number of esters is 4. The van der Waals surface area contributed by atoms with Crippen LogP contribution in [-0.4, -0.2) is 96.7 Å². The summed E-state index contributed by atoms with van der Waals surface area (Å²) in [5.41, 5.74) is 0. The van der Waals surface area contributed by atoms with E-state index < -0.39 is 97.5 Å². The number of phosphoric ester groups is 2. The molecule has 0 saturated heterocycles. The van der Waals surface area contributed by atoms with Gasteiger partial charge in [0, 0.05) is 25.7 Å². The molecule has 0 radical (unpaired) electrons. The molecule has 0 heterocycles. The van der Waals surface area contributed by atoms with Gasteiger partial charge in [0.1, 0.15) is 19.3 Å². The average Bonchev–Trinajstić information content (AvgIpc) is 0.906. The van der Waals surface area contributed by atoms with Crippen LogP contribution in [0.25, 0.3) is 0 Å². The first-order valence-electron chi connectivity index (χ1n) is 41.7. The quantitative estimate of drug-likeness (QED) is 0.0169. The molecule has 0 spiro atoms. The van der Waals surface area contributed by atoms with Crippen molar-refractivity contribution in [2.45, 2.75) is 341 Å². The van der Waals surface area contributed by atoms with Gasteiger partial charge in [-0.15, -0.1) is 0 Å². The second kappa shape index (κ2) is 79.8. The maximum atomic E-state index is 13.1. The number of hydrogen-bond donors (Lipinski definition) is 3. The molecule has 0 bridgehead atoms. The maximum Gasteiger partial charge on any atom is 0.472 e. The fourth-order valence-corrected chi connectivity index (χ4v) is 12.2. The Morgan fingerprint density at radius 1 is 0.269 bits per heavy atom. The van der Waals surface area contributed by atoms with Crippen LogP contribution in [0, 0.1) is 0 Å². The molecular formula is C89H148O17P2. The third kappa shape index (κ3) is 78.8. The molecule has 3 N–H and O–H groups in total. The highest BCUT2D eigenvalue weighted by atomic mass is 31.2. The van der Waals surface area contributed by atoms with E-state index in [1.807, 2.05) is 12.2 Å². The lowest BCUT2D eigenvalue weighted by Gasteiger charge is -2.21. The Morgan fingerprint density at radius 3 is 0.806 bits per heavy atom. The Labute approximate surface area is 655 Å². The molecular weight excluding hydrogens is 1400 g/mol. The molecule has 0 fully saturated rings. The van der Waals surface area contributed by atoms with E-state index in [9.17, 15) is 43.2 Å². The van der Waals surface area contributed by atoms with Crippen molar-refractivity contribution in [1.82, 2.24) is 0 Å². The Hall–Kier alpha value is -5.32. The minimum absolute atomic E-state index is 0.0577. The molecule has 0 aliphatic heterocycles. The smallest absolute Gasteiger partial charge is 0.462 e. The van der Waals surface area contributed by atoms with E-state index in [0.29, 0.717) is 32.1 Å². The normalized spacial score (nSPS) is 14.6. The topological polar surface area (TPSA) is 237 Å². The SMILES string of the molecule is CC/C=C\C/C=C\C/C=C\C/C=C\C/C=C\CCCC(=O)OCC(COP(=O)(O)OCC(O)COP(=O)(O)OCC(COC(=O)CCCCCCCC/C=C\C/C=C\C/C=C\CCCCC)OC(=O)CCCCCC/C=C\C/C=C\C/C=C\C/C=C\CC)OC(=O)CCCCCCC/C=C\CCCCCCCC. The number of unbranched alkanes of at least 4 members (excludes halogenated alkanes) is 25. The van der Waals surface area contributed by atoms with Crippen molar-refractivity contribution in [1.29, 1.82) is 0 Å². The fraction of sp³-hybridized carbons (Fsp3) is 0.663. The van der Waals surface area contributed by atoms with Crippen molar-refractivity contribution in [3.8, 4) is 0 Å². The minimum atomic E-state index is -5.00. The van der Waals surface area contributed by atoms with E-state index in [-0.39, 0.29) is 25.7 Å². The third-order valence-corrected chi connectivity index (χ3v) is 18.9. The van der Waals surface area contributed by atoms with Gasteiger partial charge in [-0.25, -0.2) is 9.13 Å². The lowest BCUT2D eigenvalue weighted by atomic mass is 10.1. The standard InChI is InChI=1S/C89H148O17P2/c1-5-9-13-17-21-25-29-33-37-40-41-44-47-50-54-58-62-66-70-74-87(92)100-80-85(106-89(94)76-72-68-64-60-56-52-48-43-39-35-31-27-23-19-15-11-7-3)82-104-108(97,98)102-78-83(90)77-101-107(95,96)103-81-84(105-88(93)75-71-67-63-59-55-51-45-36-32-28-24-20-16-12-8-4)79-99-86(91)73-69-65-61-57-53-49-46-42-38-34-30-26-22-18-14-10-6-2/h10-11,14-15,21-23,25-27,33-39,41,44-46,48-49,52,57,61,83-85,90H,5-9,12-13,16-20,24,28-32,40,42-43,47,50-51,53-56,58-60,62-82H2,1-4H3,(H,95,96)(H,97,98)/b14-10-,15-11-,25-21-,26-22-,27-23-,37-33-,38-34-,39-35-,44-41-,45-36-,49-46-,52-48-,61-57-. The van der Waals surface area contributed by atoms with E-state index in [1.165, 1.54) is 57.8 Å². The summed E-state index contributed by atoms with van der Waals surface area (Å²) in [5, 5.41) is 10.7. The van der Waals surface area contributed by atoms with Crippen molar-refractivity contribution < 1.29 is 80.2 Å². The lowest BCUT2D eigenvalue weighted by molar-refractivity contribution is -0.161. The number of ether oxygens (including phenoxy) is 4. The Morgan fingerprint density at radius 2 is 0.491 bits per heavy atom. The summed E-state index contributed by atoms with van der Waals surface area (Å²) in [5.74, 6) is -2.30. The van der Waals surface area contributed by atoms with Crippen LogP contribution in [0.2, 0.25) is 0 Å². The van der Waals surface area contributed by atoms with Crippen LogP contribution in [0.5, 0.6) is 0 Å². The van der Waals surface area contributed by atoms with Crippen molar-refractivity contribution >= 4 is 39.5 Å². The number of aliphatic hydroxyl groups excluding tert-OH is 1. The van der Waals surface area contributed by atoms with Crippen LogP contribution >= 0.6 is 15.6 Å². The molecule has 5 atom stereocenters. The predicted octanol–water partition coefficient (Wildman–Crippen LogP) is 24.8. The van der Waals surface area contributed by atoms with Gasteiger partial charge in [-0.05, 0) is 167 Å². The number of carbonyl (C=O) groups is 4. The first-order chi connectivity index (χ1) is 52.7. The summed E-state index contributed by atoms with van der Waals surface area (Å²) in [4.78, 5) is 73.2. The molecule has 0 aliphatic rings. The van der Waals surface area contributed by atoms with Crippen LogP contribution in [0.15, 0.2) is 158 Å². The largest absolute Gasteiger partial charge is 0.472 e. The van der Waals surface area contributed by atoms with Crippen LogP contribution < -0.4 is 0 Å². The first kappa shape index (κ1) is 103. The van der Waals surface area contributed by atoms with Crippen LogP contribution in [-0.2, 0) is 65.4 Å². The van der Waals surface area contributed by atoms with Crippen LogP contribution in [0.1, 0.15) is 323 Å². The van der Waals surface area contributed by atoms with Gasteiger partial charge in [0.05, 0.1) is 26.4 Å². The molecule has 5 unspecified atom stereocenters. The molecule has 108 heavy (non-hydrogen) atoms. The Bertz CT molecular complexity index is 2660. The molecule has 0 saturated carbocycles. The zero-order valence-electron chi connectivity index (χ0n) is 67.5. The van der Waals surface area contributed by atoms with Gasteiger partial charge in [-0.3, -0.25) is 37.3 Å². The number of phosphoric acid groups is 2. The molecule has 0 rings (SSSR count). The van der Waals surface area contributed by atoms with E-state index in [2.05, 4.69) is 174 Å². The van der Waals surface area contributed by atoms with E-state index in [4.69, 9.17) is 37.0 Å². The van der Waals surface area contributed by atoms with Gasteiger partial charge in [0.2, 0.25) is 0 Å². The molecule has 0 amide bonds. The second-order valence-electron chi connectivity index (χ2n) is 27.3. The molecule has 616 valence electrons. The van der Waals surface area contributed by atoms with Gasteiger partial charge in [-0.1, -0.05) is 288 Å². The van der Waals surface area contributed by atoms with Crippen molar-refractivity contribution in [3.05, 3.63) is 158 Å². The van der Waals surface area contributed by atoms with Crippen molar-refractivity contribution in [2.24, 2.45) is 0 Å². The molecule has 17 nitrogen and oxygen atoms in total. The number of carbonyl (C=O) groups excluding carboxylic acids is 4. The van der Waals surface area contributed by atoms with Gasteiger partial charge < -0.3 is 33.8 Å². The fourth-order valence-electron chi connectivity index (χ4n) is 10.7. The Balaban J connectivity index is 5.47. The third-order valence-electron chi connectivity index (χ3n) is 17.0.